The molecule has 0 saturated heterocycles. The maximum absolute atomic E-state index is 15.5. The molecular formula is C29H29F4N5O3S. The molecule has 0 saturated carbocycles. The highest BCUT2D eigenvalue weighted by molar-refractivity contribution is 7.12. The lowest BCUT2D eigenvalue weighted by atomic mass is 9.83. The number of nitrogens with zero attached hydrogens (tertiary/aromatic N) is 4. The average molecular weight is 604 g/mol. The lowest BCUT2D eigenvalue weighted by molar-refractivity contribution is -0.141. The standard InChI is InChI=1S/C29H29F4N5O3S/c1-5-38-15-21(26(36-38)29(31,32)33)25-18(8-6-9-22(25)30)20-14-37(16-23-19(20)12-17(13-34)42-23)24(39)10-7-11-35-27(40)41-28(2,3)4/h6-10,12,15,20H,5,11,14,16H2,1-4H3,(H,35,40)/b10-7+/t20-/m0/s1. The lowest BCUT2D eigenvalue weighted by Crippen LogP contribution is -2.37. The number of aryl methyl sites for hydroxylation is 1. The molecule has 0 unspecified atom stereocenters. The van der Waals surface area contributed by atoms with E-state index in [9.17, 15) is 28.0 Å². The van der Waals surface area contributed by atoms with Crippen LogP contribution in [0.4, 0.5) is 22.4 Å². The number of aromatic nitrogens is 2. The average Bonchev–Trinajstić information content (AvgIpc) is 3.53. The molecule has 13 heteroatoms. The first-order valence-electron chi connectivity index (χ1n) is 13.1. The first-order chi connectivity index (χ1) is 19.7. The van der Waals surface area contributed by atoms with E-state index >= 15 is 4.39 Å². The molecule has 0 bridgehead atoms. The first-order valence-corrected chi connectivity index (χ1v) is 13.9. The molecule has 3 heterocycles. The van der Waals surface area contributed by atoms with Crippen LogP contribution in [0.3, 0.4) is 0 Å². The second-order valence-electron chi connectivity index (χ2n) is 10.6. The lowest BCUT2D eigenvalue weighted by Gasteiger charge is -2.33. The molecule has 222 valence electrons. The van der Waals surface area contributed by atoms with Crippen LogP contribution in [0.15, 0.2) is 42.6 Å². The molecule has 1 N–H and O–H groups in total. The number of thiophene rings is 1. The Balaban J connectivity index is 1.70. The van der Waals surface area contributed by atoms with Crippen molar-refractivity contribution in [3.63, 3.8) is 0 Å². The fraction of sp³-hybridized carbons (Fsp3) is 0.379. The van der Waals surface area contributed by atoms with Crippen molar-refractivity contribution in [2.75, 3.05) is 13.1 Å². The number of carbonyl (C=O) groups excluding carboxylic acids is 2. The van der Waals surface area contributed by atoms with Gasteiger partial charge in [0.1, 0.15) is 22.4 Å². The van der Waals surface area contributed by atoms with Crippen molar-refractivity contribution in [3.8, 4) is 17.2 Å². The van der Waals surface area contributed by atoms with Gasteiger partial charge in [-0.2, -0.15) is 23.5 Å². The zero-order valence-electron chi connectivity index (χ0n) is 23.4. The number of hydrogen-bond donors (Lipinski definition) is 1. The van der Waals surface area contributed by atoms with E-state index in [1.54, 1.807) is 33.8 Å². The monoisotopic (exact) mass is 603 g/mol. The minimum Gasteiger partial charge on any atom is -0.444 e. The van der Waals surface area contributed by atoms with Crippen molar-refractivity contribution < 1.29 is 31.9 Å². The Morgan fingerprint density at radius 3 is 2.64 bits per heavy atom. The number of hydrogen-bond acceptors (Lipinski definition) is 6. The van der Waals surface area contributed by atoms with Crippen molar-refractivity contribution in [2.45, 2.75) is 58.5 Å². The molecule has 1 aliphatic rings. The molecule has 3 aromatic rings. The van der Waals surface area contributed by atoms with Gasteiger partial charge in [0.05, 0.1) is 6.54 Å². The van der Waals surface area contributed by atoms with Crippen LogP contribution in [0.5, 0.6) is 0 Å². The molecule has 1 aliphatic heterocycles. The minimum absolute atomic E-state index is 0.0242. The molecule has 0 aliphatic carbocycles. The number of halogens is 4. The van der Waals surface area contributed by atoms with Crippen LogP contribution in [0.25, 0.3) is 11.1 Å². The van der Waals surface area contributed by atoms with Crippen molar-refractivity contribution >= 4 is 23.3 Å². The third kappa shape index (κ3) is 6.82. The molecule has 42 heavy (non-hydrogen) atoms. The van der Waals surface area contributed by atoms with E-state index in [-0.39, 0.29) is 37.3 Å². The summed E-state index contributed by atoms with van der Waals surface area (Å²) in [6.07, 6.45) is -1.57. The van der Waals surface area contributed by atoms with Gasteiger partial charge in [-0.3, -0.25) is 9.48 Å². The van der Waals surface area contributed by atoms with Crippen molar-refractivity contribution in [3.05, 3.63) is 75.0 Å². The third-order valence-electron chi connectivity index (χ3n) is 6.44. The number of alkyl carbamates (subject to hydrolysis) is 1. The predicted octanol–water partition coefficient (Wildman–Crippen LogP) is 6.22. The number of nitriles is 1. The van der Waals surface area contributed by atoms with Gasteiger partial charge in [-0.05, 0) is 51.0 Å². The largest absolute Gasteiger partial charge is 0.444 e. The number of ether oxygens (including phenoxy) is 1. The van der Waals surface area contributed by atoms with Crippen molar-refractivity contribution in [1.82, 2.24) is 20.0 Å². The summed E-state index contributed by atoms with van der Waals surface area (Å²) in [6.45, 7) is 7.15. The van der Waals surface area contributed by atoms with E-state index in [1.165, 1.54) is 46.7 Å². The molecule has 4 rings (SSSR count). The molecule has 0 radical (unpaired) electrons. The number of benzene rings is 1. The quantitative estimate of drug-likeness (QED) is 0.267. The van der Waals surface area contributed by atoms with Crippen LogP contribution in [0.1, 0.15) is 60.2 Å². The van der Waals surface area contributed by atoms with Gasteiger partial charge in [0.25, 0.3) is 0 Å². The van der Waals surface area contributed by atoms with Crippen LogP contribution in [-0.4, -0.2) is 45.4 Å². The van der Waals surface area contributed by atoms with Crippen LogP contribution >= 0.6 is 11.3 Å². The van der Waals surface area contributed by atoms with Crippen molar-refractivity contribution in [1.29, 1.82) is 5.26 Å². The van der Waals surface area contributed by atoms with Crippen LogP contribution < -0.4 is 5.32 Å². The highest BCUT2D eigenvalue weighted by Crippen LogP contribution is 2.45. The maximum Gasteiger partial charge on any atom is 0.435 e. The first kappa shape index (κ1) is 30.8. The van der Waals surface area contributed by atoms with E-state index in [4.69, 9.17) is 4.74 Å². The van der Waals surface area contributed by atoms with Gasteiger partial charge in [0, 0.05) is 53.8 Å². The summed E-state index contributed by atoms with van der Waals surface area (Å²) in [7, 11) is 0. The van der Waals surface area contributed by atoms with Crippen molar-refractivity contribution in [2.24, 2.45) is 0 Å². The third-order valence-corrected chi connectivity index (χ3v) is 7.49. The smallest absolute Gasteiger partial charge is 0.435 e. The number of fused-ring (bicyclic) bond motifs is 1. The Bertz CT molecular complexity index is 1560. The van der Waals surface area contributed by atoms with E-state index in [0.717, 1.165) is 10.7 Å². The summed E-state index contributed by atoms with van der Waals surface area (Å²) < 4.78 is 63.7. The van der Waals surface area contributed by atoms with Gasteiger partial charge in [0.15, 0.2) is 5.69 Å². The summed E-state index contributed by atoms with van der Waals surface area (Å²) in [5, 5.41) is 15.7. The molecule has 2 amide bonds. The summed E-state index contributed by atoms with van der Waals surface area (Å²) in [5.74, 6) is -2.00. The molecule has 1 atom stereocenters. The van der Waals surface area contributed by atoms with Crippen LogP contribution in [0, 0.1) is 17.1 Å². The normalized spacial score (nSPS) is 15.4. The number of nitrogens with one attached hydrogen (secondary N) is 1. The highest BCUT2D eigenvalue weighted by Gasteiger charge is 2.40. The zero-order chi connectivity index (χ0) is 30.8. The van der Waals surface area contributed by atoms with Gasteiger partial charge in [-0.15, -0.1) is 11.3 Å². The Hall–Kier alpha value is -4.18. The summed E-state index contributed by atoms with van der Waals surface area (Å²) in [6, 6.07) is 7.75. The predicted molar refractivity (Wildman–Crippen MR) is 148 cm³/mol. The molecule has 0 fully saturated rings. The highest BCUT2D eigenvalue weighted by atomic mass is 32.1. The van der Waals surface area contributed by atoms with E-state index in [1.807, 2.05) is 0 Å². The van der Waals surface area contributed by atoms with Gasteiger partial charge in [0.2, 0.25) is 5.91 Å². The van der Waals surface area contributed by atoms with Crippen LogP contribution in [0.2, 0.25) is 0 Å². The molecule has 1 aromatic carbocycles. The SMILES string of the molecule is CCn1cc(-c2c(F)cccc2[C@@H]2CN(C(=O)/C=C/CNC(=O)OC(C)(C)C)Cc3sc(C#N)cc32)c(C(F)(F)F)n1. The zero-order valence-corrected chi connectivity index (χ0v) is 24.2. The van der Waals surface area contributed by atoms with Gasteiger partial charge in [-0.1, -0.05) is 18.2 Å². The summed E-state index contributed by atoms with van der Waals surface area (Å²) in [4.78, 5) is 27.6. The number of amides is 2. The van der Waals surface area contributed by atoms with Crippen LogP contribution in [-0.2, 0) is 28.8 Å². The fourth-order valence-electron chi connectivity index (χ4n) is 4.72. The summed E-state index contributed by atoms with van der Waals surface area (Å²) in [5.41, 5.74) is -1.64. The fourth-order valence-corrected chi connectivity index (χ4v) is 5.76. The second-order valence-corrected chi connectivity index (χ2v) is 11.7. The molecule has 8 nitrogen and oxygen atoms in total. The number of alkyl halides is 3. The number of rotatable bonds is 6. The van der Waals surface area contributed by atoms with E-state index < -0.39 is 46.8 Å². The van der Waals surface area contributed by atoms with E-state index in [0.29, 0.717) is 15.3 Å². The molecular weight excluding hydrogens is 574 g/mol. The Morgan fingerprint density at radius 2 is 2.00 bits per heavy atom. The van der Waals surface area contributed by atoms with E-state index in [2.05, 4.69) is 16.5 Å². The maximum atomic E-state index is 15.5. The van der Waals surface area contributed by atoms with Gasteiger partial charge < -0.3 is 15.0 Å². The molecule has 2 aromatic heterocycles. The molecule has 0 spiro atoms. The van der Waals surface area contributed by atoms with Gasteiger partial charge in [-0.25, -0.2) is 9.18 Å². The number of carbonyl (C=O) groups is 2. The van der Waals surface area contributed by atoms with Gasteiger partial charge >= 0.3 is 12.3 Å². The second kappa shape index (κ2) is 12.0. The Kier molecular flexibility index (Phi) is 8.77. The summed E-state index contributed by atoms with van der Waals surface area (Å²) >= 11 is 1.17. The Labute approximate surface area is 244 Å². The Morgan fingerprint density at radius 1 is 1.26 bits per heavy atom. The topological polar surface area (TPSA) is 100 Å². The minimum atomic E-state index is -4.83.